The highest BCUT2D eigenvalue weighted by Crippen LogP contribution is 2.42. The summed E-state index contributed by atoms with van der Waals surface area (Å²) in [5.41, 5.74) is 7.34. The number of nitrogens with two attached hydrogens (primary N) is 1. The molecule has 1 aromatic heterocycles. The number of amides is 1. The van der Waals surface area contributed by atoms with E-state index in [-0.39, 0.29) is 30.3 Å². The first kappa shape index (κ1) is 18.8. The largest absolute Gasteiger partial charge is 0.464 e. The average molecular weight is 356 g/mol. The van der Waals surface area contributed by atoms with Crippen LogP contribution in [0.1, 0.15) is 42.6 Å². The van der Waals surface area contributed by atoms with E-state index in [0.717, 1.165) is 25.7 Å². The van der Waals surface area contributed by atoms with Gasteiger partial charge >= 0.3 is 5.97 Å². The number of aryl methyl sites for hydroxylation is 1. The number of rotatable bonds is 3. The molecule has 24 heavy (non-hydrogen) atoms. The topological polar surface area (TPSA) is 86.3 Å². The predicted molar refractivity (Wildman–Crippen MR) is 94.2 cm³/mol. The third kappa shape index (κ3) is 3.59. The second kappa shape index (κ2) is 7.57. The van der Waals surface area contributed by atoms with Gasteiger partial charge in [0.2, 0.25) is 5.91 Å². The summed E-state index contributed by atoms with van der Waals surface area (Å²) in [7, 11) is 3.10. The Morgan fingerprint density at radius 2 is 1.92 bits per heavy atom. The molecule has 0 saturated heterocycles. The van der Waals surface area contributed by atoms with Crippen molar-refractivity contribution in [3.8, 4) is 0 Å². The minimum Gasteiger partial charge on any atom is -0.464 e. The van der Waals surface area contributed by atoms with Gasteiger partial charge in [0.15, 0.2) is 0 Å². The zero-order valence-electron chi connectivity index (χ0n) is 14.2. The number of carbonyl (C=O) groups excluding carboxylic acids is 2. The highest BCUT2D eigenvalue weighted by Gasteiger charge is 2.40. The van der Waals surface area contributed by atoms with Gasteiger partial charge in [-0.25, -0.2) is 4.79 Å². The average Bonchev–Trinajstić information content (AvgIpc) is 2.86. The molecule has 3 rings (SSSR count). The first-order chi connectivity index (χ1) is 11.0. The summed E-state index contributed by atoms with van der Waals surface area (Å²) in [5.74, 6) is 0.591. The van der Waals surface area contributed by atoms with Crippen LogP contribution in [-0.2, 0) is 16.6 Å². The van der Waals surface area contributed by atoms with E-state index in [9.17, 15) is 9.59 Å². The number of fused-ring (bicyclic) bond motifs is 2. The lowest BCUT2D eigenvalue weighted by atomic mass is 9.65. The molecule has 0 radical (unpaired) electrons. The molecule has 134 valence electrons. The highest BCUT2D eigenvalue weighted by atomic mass is 35.5. The number of anilines is 1. The maximum absolute atomic E-state index is 12.6. The molecule has 1 heterocycles. The van der Waals surface area contributed by atoms with E-state index in [2.05, 4.69) is 5.32 Å². The van der Waals surface area contributed by atoms with Gasteiger partial charge in [-0.2, -0.15) is 0 Å². The first-order valence-corrected chi connectivity index (χ1v) is 8.30. The van der Waals surface area contributed by atoms with E-state index in [1.54, 1.807) is 23.9 Å². The van der Waals surface area contributed by atoms with Crippen molar-refractivity contribution < 1.29 is 14.3 Å². The van der Waals surface area contributed by atoms with Crippen molar-refractivity contribution in [2.45, 2.75) is 38.1 Å². The van der Waals surface area contributed by atoms with Crippen molar-refractivity contribution in [3.05, 3.63) is 18.0 Å². The van der Waals surface area contributed by atoms with E-state index in [0.29, 0.717) is 23.2 Å². The Kier molecular flexibility index (Phi) is 5.93. The summed E-state index contributed by atoms with van der Waals surface area (Å²) in [6, 6.07) is 1.91. The molecule has 2 aliphatic rings. The van der Waals surface area contributed by atoms with Gasteiger partial charge in [-0.1, -0.05) is 6.42 Å². The Labute approximate surface area is 148 Å². The van der Waals surface area contributed by atoms with Gasteiger partial charge in [-0.05, 0) is 43.6 Å². The molecule has 2 atom stereocenters. The van der Waals surface area contributed by atoms with Gasteiger partial charge in [0.25, 0.3) is 0 Å². The second-order valence-electron chi connectivity index (χ2n) is 6.90. The number of esters is 1. The maximum atomic E-state index is 12.6. The Morgan fingerprint density at radius 3 is 2.50 bits per heavy atom. The van der Waals surface area contributed by atoms with Crippen molar-refractivity contribution in [1.29, 1.82) is 0 Å². The van der Waals surface area contributed by atoms with Gasteiger partial charge in [-0.15, -0.1) is 12.4 Å². The lowest BCUT2D eigenvalue weighted by Gasteiger charge is -2.43. The second-order valence-corrected chi connectivity index (χ2v) is 6.90. The zero-order valence-corrected chi connectivity index (χ0v) is 15.0. The number of aromatic nitrogens is 1. The van der Waals surface area contributed by atoms with E-state index < -0.39 is 5.97 Å². The molecule has 2 fully saturated rings. The predicted octanol–water partition coefficient (Wildman–Crippen LogP) is 2.33. The van der Waals surface area contributed by atoms with Gasteiger partial charge in [0.05, 0.1) is 12.8 Å². The number of carbonyl (C=O) groups is 2. The minimum absolute atomic E-state index is 0. The van der Waals surface area contributed by atoms with Crippen LogP contribution in [0.3, 0.4) is 0 Å². The lowest BCUT2D eigenvalue weighted by molar-refractivity contribution is -0.122. The smallest absolute Gasteiger partial charge is 0.354 e. The molecule has 2 saturated carbocycles. The molecule has 7 heteroatoms. The first-order valence-electron chi connectivity index (χ1n) is 8.30. The number of nitrogens with one attached hydrogen (secondary N) is 1. The monoisotopic (exact) mass is 355 g/mol. The Balaban J connectivity index is 0.00000208. The normalized spacial score (nSPS) is 28.6. The standard InChI is InChI=1S/C17H25N3O3.ClH/c1-20-9-13(8-14(20)17(22)23-2)19-16(21)12-6-10-4-3-5-11(7-12)15(10)18;/h8-12,15H,3-7,18H2,1-2H3,(H,19,21);1H. The molecular weight excluding hydrogens is 330 g/mol. The quantitative estimate of drug-likeness (QED) is 0.815. The van der Waals surface area contributed by atoms with Crippen LogP contribution >= 0.6 is 12.4 Å². The van der Waals surface area contributed by atoms with Gasteiger partial charge in [-0.3, -0.25) is 4.79 Å². The van der Waals surface area contributed by atoms with Crippen molar-refractivity contribution in [2.75, 3.05) is 12.4 Å². The SMILES string of the molecule is COC(=O)c1cc(NC(=O)C2CC3CCCC(C2)C3N)cn1C.Cl. The molecule has 1 amide bonds. The number of halogens is 1. The van der Waals surface area contributed by atoms with E-state index in [1.165, 1.54) is 13.5 Å². The highest BCUT2D eigenvalue weighted by molar-refractivity contribution is 5.95. The number of ether oxygens (including phenoxy) is 1. The molecule has 2 unspecified atom stereocenters. The van der Waals surface area contributed by atoms with Gasteiger partial charge in [0.1, 0.15) is 5.69 Å². The molecule has 0 aromatic carbocycles. The fourth-order valence-electron chi connectivity index (χ4n) is 4.19. The molecular formula is C17H26ClN3O3. The van der Waals surface area contributed by atoms with Crippen molar-refractivity contribution in [2.24, 2.45) is 30.5 Å². The van der Waals surface area contributed by atoms with Crippen molar-refractivity contribution >= 4 is 30.0 Å². The molecule has 2 aliphatic carbocycles. The van der Waals surface area contributed by atoms with Gasteiger partial charge in [0, 0.05) is 25.2 Å². The van der Waals surface area contributed by atoms with Crippen LogP contribution in [0.5, 0.6) is 0 Å². The number of methoxy groups -OCH3 is 1. The summed E-state index contributed by atoms with van der Waals surface area (Å²) < 4.78 is 6.39. The summed E-state index contributed by atoms with van der Waals surface area (Å²) in [6.07, 6.45) is 7.00. The Morgan fingerprint density at radius 1 is 1.29 bits per heavy atom. The zero-order chi connectivity index (χ0) is 16.6. The Bertz CT molecular complexity index is 602. The summed E-state index contributed by atoms with van der Waals surface area (Å²) >= 11 is 0. The van der Waals surface area contributed by atoms with Crippen molar-refractivity contribution in [1.82, 2.24) is 4.57 Å². The third-order valence-electron chi connectivity index (χ3n) is 5.45. The number of hydrogen-bond donors (Lipinski definition) is 2. The lowest BCUT2D eigenvalue weighted by Crippen LogP contribution is -2.48. The Hall–Kier alpha value is -1.53. The molecule has 0 aliphatic heterocycles. The van der Waals surface area contributed by atoms with Crippen LogP contribution in [0.2, 0.25) is 0 Å². The van der Waals surface area contributed by atoms with E-state index in [4.69, 9.17) is 10.5 Å². The molecule has 2 bridgehead atoms. The summed E-state index contributed by atoms with van der Waals surface area (Å²) in [4.78, 5) is 24.2. The van der Waals surface area contributed by atoms with Crippen LogP contribution in [-0.4, -0.2) is 29.6 Å². The van der Waals surface area contributed by atoms with Crippen LogP contribution < -0.4 is 11.1 Å². The fraction of sp³-hybridized carbons (Fsp3) is 0.647. The third-order valence-corrected chi connectivity index (χ3v) is 5.45. The van der Waals surface area contributed by atoms with E-state index >= 15 is 0 Å². The number of nitrogens with zero attached hydrogens (tertiary/aromatic N) is 1. The maximum Gasteiger partial charge on any atom is 0.354 e. The molecule has 3 N–H and O–H groups in total. The molecule has 1 aromatic rings. The van der Waals surface area contributed by atoms with E-state index in [1.807, 2.05) is 0 Å². The van der Waals surface area contributed by atoms with Crippen LogP contribution in [0.15, 0.2) is 12.3 Å². The molecule has 6 nitrogen and oxygen atoms in total. The van der Waals surface area contributed by atoms with Crippen LogP contribution in [0.25, 0.3) is 0 Å². The molecule has 0 spiro atoms. The van der Waals surface area contributed by atoms with Crippen LogP contribution in [0.4, 0.5) is 5.69 Å². The number of hydrogen-bond acceptors (Lipinski definition) is 4. The van der Waals surface area contributed by atoms with Gasteiger partial charge < -0.3 is 20.4 Å². The van der Waals surface area contributed by atoms with Crippen LogP contribution in [0, 0.1) is 17.8 Å². The summed E-state index contributed by atoms with van der Waals surface area (Å²) in [6.45, 7) is 0. The fourth-order valence-corrected chi connectivity index (χ4v) is 4.19. The van der Waals surface area contributed by atoms with Crippen molar-refractivity contribution in [3.63, 3.8) is 0 Å². The summed E-state index contributed by atoms with van der Waals surface area (Å²) in [5, 5.41) is 2.95. The minimum atomic E-state index is -0.411.